The second-order valence-corrected chi connectivity index (χ2v) is 6.70. The Morgan fingerprint density at radius 1 is 1.16 bits per heavy atom. The van der Waals surface area contributed by atoms with E-state index in [0.29, 0.717) is 24.4 Å². The first-order valence-corrected chi connectivity index (χ1v) is 8.46. The first-order valence-electron chi connectivity index (χ1n) is 8.46. The molecule has 0 saturated heterocycles. The molecule has 2 aromatic heterocycles. The van der Waals surface area contributed by atoms with Crippen LogP contribution >= 0.6 is 0 Å². The molecule has 0 saturated carbocycles. The molecule has 0 amide bonds. The number of nitrogens with one attached hydrogen (secondary N) is 1. The summed E-state index contributed by atoms with van der Waals surface area (Å²) >= 11 is 0. The van der Waals surface area contributed by atoms with Crippen molar-refractivity contribution in [3.8, 4) is 5.95 Å². The van der Waals surface area contributed by atoms with Crippen LogP contribution in [0, 0.1) is 19.8 Å². The van der Waals surface area contributed by atoms with Crippen LogP contribution in [0.25, 0.3) is 17.0 Å². The van der Waals surface area contributed by atoms with Gasteiger partial charge < -0.3 is 16.8 Å². The molecule has 0 bridgehead atoms. The minimum Gasteiger partial charge on any atom is -0.369 e. The van der Waals surface area contributed by atoms with Crippen LogP contribution in [0.4, 0.5) is 11.8 Å². The van der Waals surface area contributed by atoms with Crippen LogP contribution < -0.4 is 16.8 Å². The first-order chi connectivity index (χ1) is 11.9. The van der Waals surface area contributed by atoms with Crippen LogP contribution in [-0.2, 0) is 0 Å². The minimum absolute atomic E-state index is 0.143. The molecule has 0 spiro atoms. The third kappa shape index (κ3) is 3.28. The molecule has 0 fully saturated rings. The largest absolute Gasteiger partial charge is 0.369 e. The third-order valence-electron chi connectivity index (χ3n) is 4.53. The number of hydrogen-bond acceptors (Lipinski definition) is 6. The van der Waals surface area contributed by atoms with Crippen molar-refractivity contribution >= 4 is 22.8 Å². The monoisotopic (exact) mass is 339 g/mol. The summed E-state index contributed by atoms with van der Waals surface area (Å²) in [5.74, 6) is 1.98. The molecule has 0 aliphatic rings. The predicted octanol–water partition coefficient (Wildman–Crippen LogP) is 2.41. The van der Waals surface area contributed by atoms with Gasteiger partial charge in [0.15, 0.2) is 0 Å². The van der Waals surface area contributed by atoms with Crippen molar-refractivity contribution < 1.29 is 0 Å². The zero-order valence-corrected chi connectivity index (χ0v) is 15.1. The van der Waals surface area contributed by atoms with E-state index in [1.54, 1.807) is 10.8 Å². The molecule has 0 aliphatic carbocycles. The van der Waals surface area contributed by atoms with Crippen LogP contribution in [0.2, 0.25) is 0 Å². The van der Waals surface area contributed by atoms with Gasteiger partial charge >= 0.3 is 0 Å². The fourth-order valence-electron chi connectivity index (χ4n) is 2.79. The maximum atomic E-state index is 6.14. The average Bonchev–Trinajstić information content (AvgIpc) is 2.88. The Labute approximate surface area is 147 Å². The van der Waals surface area contributed by atoms with Crippen molar-refractivity contribution in [2.45, 2.75) is 33.7 Å². The molecule has 3 rings (SSSR count). The number of nitrogens with two attached hydrogens (primary N) is 2. The Bertz CT molecular complexity index is 898. The highest BCUT2D eigenvalue weighted by Gasteiger charge is 2.16. The highest BCUT2D eigenvalue weighted by Crippen LogP contribution is 2.24. The van der Waals surface area contributed by atoms with Gasteiger partial charge in [0.25, 0.3) is 0 Å². The predicted molar refractivity (Wildman–Crippen MR) is 102 cm³/mol. The van der Waals surface area contributed by atoms with E-state index in [1.165, 1.54) is 11.1 Å². The molecule has 7 nitrogen and oxygen atoms in total. The van der Waals surface area contributed by atoms with Gasteiger partial charge in [-0.25, -0.2) is 14.5 Å². The van der Waals surface area contributed by atoms with Gasteiger partial charge in [-0.15, -0.1) is 0 Å². The van der Waals surface area contributed by atoms with E-state index < -0.39 is 0 Å². The van der Waals surface area contributed by atoms with Gasteiger partial charge in [-0.3, -0.25) is 0 Å². The molecule has 0 aliphatic heterocycles. The topological polar surface area (TPSA) is 108 Å². The van der Waals surface area contributed by atoms with Gasteiger partial charge in [-0.2, -0.15) is 4.98 Å². The summed E-state index contributed by atoms with van der Waals surface area (Å²) < 4.78 is 1.78. The normalized spacial score (nSPS) is 12.7. The summed E-state index contributed by atoms with van der Waals surface area (Å²) in [6.07, 6.45) is 1.71. The number of imidazole rings is 1. The standard InChI is InChI=1S/C18H25N7/c1-10(2)14(9-19)22-16-5-6-21-18(24-16)25-15-8-12(4)11(3)7-13(15)23-17(25)20/h5-8,10,14H,9,19H2,1-4H3,(H2,20,23)(H,21,22,24)/t14-/m1/s1. The molecular weight excluding hydrogens is 314 g/mol. The lowest BCUT2D eigenvalue weighted by molar-refractivity contribution is 0.530. The van der Waals surface area contributed by atoms with Crippen molar-refractivity contribution in [2.75, 3.05) is 17.6 Å². The van der Waals surface area contributed by atoms with E-state index >= 15 is 0 Å². The van der Waals surface area contributed by atoms with E-state index in [9.17, 15) is 0 Å². The summed E-state index contributed by atoms with van der Waals surface area (Å²) in [7, 11) is 0. The molecule has 1 atom stereocenters. The van der Waals surface area contributed by atoms with Gasteiger partial charge in [0.2, 0.25) is 11.9 Å². The van der Waals surface area contributed by atoms with Crippen molar-refractivity contribution in [2.24, 2.45) is 11.7 Å². The molecule has 5 N–H and O–H groups in total. The third-order valence-corrected chi connectivity index (χ3v) is 4.53. The molecule has 0 radical (unpaired) electrons. The van der Waals surface area contributed by atoms with E-state index in [2.05, 4.69) is 54.0 Å². The Morgan fingerprint density at radius 3 is 2.56 bits per heavy atom. The van der Waals surface area contributed by atoms with Crippen LogP contribution in [-0.4, -0.2) is 32.1 Å². The number of anilines is 2. The second kappa shape index (κ2) is 6.68. The average molecular weight is 339 g/mol. The quantitative estimate of drug-likeness (QED) is 0.659. The molecule has 0 unspecified atom stereocenters. The first kappa shape index (κ1) is 17.2. The number of rotatable bonds is 5. The van der Waals surface area contributed by atoms with E-state index in [4.69, 9.17) is 11.5 Å². The molecule has 1 aromatic carbocycles. The van der Waals surface area contributed by atoms with Crippen molar-refractivity contribution in [3.05, 3.63) is 35.5 Å². The number of nitrogen functional groups attached to an aromatic ring is 1. The highest BCUT2D eigenvalue weighted by atomic mass is 15.3. The lowest BCUT2D eigenvalue weighted by atomic mass is 10.1. The summed E-state index contributed by atoms with van der Waals surface area (Å²) in [4.78, 5) is 13.4. The van der Waals surface area contributed by atoms with Crippen molar-refractivity contribution in [1.29, 1.82) is 0 Å². The lowest BCUT2D eigenvalue weighted by Gasteiger charge is -2.21. The molecular formula is C18H25N7. The van der Waals surface area contributed by atoms with Gasteiger partial charge in [0.1, 0.15) is 5.82 Å². The Hall–Kier alpha value is -2.67. The zero-order chi connectivity index (χ0) is 18.1. The van der Waals surface area contributed by atoms with E-state index in [1.807, 2.05) is 12.1 Å². The van der Waals surface area contributed by atoms with Crippen LogP contribution in [0.15, 0.2) is 24.4 Å². The Balaban J connectivity index is 2.05. The highest BCUT2D eigenvalue weighted by molar-refractivity contribution is 5.81. The minimum atomic E-state index is 0.143. The number of benzene rings is 1. The molecule has 2 heterocycles. The number of fused-ring (bicyclic) bond motifs is 1. The summed E-state index contributed by atoms with van der Waals surface area (Å²) in [6, 6.07) is 6.07. The zero-order valence-electron chi connectivity index (χ0n) is 15.1. The van der Waals surface area contributed by atoms with E-state index in [0.717, 1.165) is 16.9 Å². The molecule has 3 aromatic rings. The molecule has 25 heavy (non-hydrogen) atoms. The van der Waals surface area contributed by atoms with Crippen molar-refractivity contribution in [1.82, 2.24) is 19.5 Å². The van der Waals surface area contributed by atoms with Gasteiger partial charge in [0, 0.05) is 18.8 Å². The molecule has 132 valence electrons. The molecule has 7 heteroatoms. The Morgan fingerprint density at radius 2 is 1.88 bits per heavy atom. The van der Waals surface area contributed by atoms with Gasteiger partial charge in [-0.1, -0.05) is 13.8 Å². The van der Waals surface area contributed by atoms with Gasteiger partial charge in [-0.05, 0) is 49.1 Å². The maximum Gasteiger partial charge on any atom is 0.238 e. The maximum absolute atomic E-state index is 6.14. The number of aryl methyl sites for hydroxylation is 2. The fraction of sp³-hybridized carbons (Fsp3) is 0.389. The summed E-state index contributed by atoms with van der Waals surface area (Å²) in [6.45, 7) is 8.91. The Kier molecular flexibility index (Phi) is 4.59. The smallest absolute Gasteiger partial charge is 0.238 e. The summed E-state index contributed by atoms with van der Waals surface area (Å²) in [5, 5.41) is 3.37. The van der Waals surface area contributed by atoms with Crippen molar-refractivity contribution in [3.63, 3.8) is 0 Å². The number of nitrogens with zero attached hydrogens (tertiary/aromatic N) is 4. The lowest BCUT2D eigenvalue weighted by Crippen LogP contribution is -2.34. The summed E-state index contributed by atoms with van der Waals surface area (Å²) in [5.41, 5.74) is 16.1. The number of aromatic nitrogens is 4. The van der Waals surface area contributed by atoms with E-state index in [-0.39, 0.29) is 6.04 Å². The number of hydrogen-bond donors (Lipinski definition) is 3. The van der Waals surface area contributed by atoms with Gasteiger partial charge in [0.05, 0.1) is 11.0 Å². The van der Waals surface area contributed by atoms with Crippen LogP contribution in [0.3, 0.4) is 0 Å². The second-order valence-electron chi connectivity index (χ2n) is 6.70. The fourth-order valence-corrected chi connectivity index (χ4v) is 2.79. The SMILES string of the molecule is Cc1cc2nc(N)n(-c3nccc(N[C@H](CN)C(C)C)n3)c2cc1C. The van der Waals surface area contributed by atoms with Crippen LogP contribution in [0.1, 0.15) is 25.0 Å². The van der Waals surface area contributed by atoms with Crippen LogP contribution in [0.5, 0.6) is 0 Å².